The molecule has 0 aromatic heterocycles. The molecule has 0 saturated heterocycles. The molecule has 24 heavy (non-hydrogen) atoms. The van der Waals surface area contributed by atoms with Gasteiger partial charge in [-0.15, -0.1) is 0 Å². The fourth-order valence-corrected chi connectivity index (χ4v) is 4.44. The van der Waals surface area contributed by atoms with E-state index in [2.05, 4.69) is 9.44 Å². The monoisotopic (exact) mass is 368 g/mol. The number of nitrogens with one attached hydrogen (secondary N) is 2. The number of rotatable bonds is 8. The van der Waals surface area contributed by atoms with Gasteiger partial charge in [0.1, 0.15) is 0 Å². The van der Waals surface area contributed by atoms with Crippen molar-refractivity contribution in [2.45, 2.75) is 12.7 Å². The minimum Gasteiger partial charge on any atom is -0.284 e. The summed E-state index contributed by atoms with van der Waals surface area (Å²) in [6.07, 6.45) is 0. The second-order valence-electron chi connectivity index (χ2n) is 5.37. The molecule has 2 N–H and O–H groups in total. The molecule has 2 rings (SSSR count). The van der Waals surface area contributed by atoms with E-state index in [4.69, 9.17) is 0 Å². The van der Waals surface area contributed by atoms with Crippen LogP contribution in [0.25, 0.3) is 0 Å². The Morgan fingerprint density at radius 3 is 2.12 bits per heavy atom. The van der Waals surface area contributed by atoms with Gasteiger partial charge in [0.05, 0.1) is 11.5 Å². The molecule has 0 atom stereocenters. The van der Waals surface area contributed by atoms with Gasteiger partial charge in [0.25, 0.3) is 0 Å². The van der Waals surface area contributed by atoms with E-state index in [1.807, 2.05) is 19.1 Å². The average Bonchev–Trinajstić information content (AvgIpc) is 2.49. The molecule has 0 aliphatic heterocycles. The van der Waals surface area contributed by atoms with Crippen molar-refractivity contribution >= 4 is 25.7 Å². The SMILES string of the molecule is Cc1ccccc1CS(=O)(=O)NCCS(=O)(=O)Nc1ccccc1. The molecule has 0 spiro atoms. The van der Waals surface area contributed by atoms with Crippen LogP contribution in [0.3, 0.4) is 0 Å². The van der Waals surface area contributed by atoms with Gasteiger partial charge >= 0.3 is 0 Å². The molecule has 0 unspecified atom stereocenters. The zero-order valence-electron chi connectivity index (χ0n) is 13.3. The zero-order valence-corrected chi connectivity index (χ0v) is 14.9. The van der Waals surface area contributed by atoms with Crippen molar-refractivity contribution in [3.05, 3.63) is 65.7 Å². The number of benzene rings is 2. The molecule has 0 bridgehead atoms. The van der Waals surface area contributed by atoms with Crippen LogP contribution >= 0.6 is 0 Å². The molecule has 0 radical (unpaired) electrons. The van der Waals surface area contributed by atoms with Crippen molar-refractivity contribution in [1.29, 1.82) is 0 Å². The maximum atomic E-state index is 12.1. The second kappa shape index (κ2) is 7.78. The van der Waals surface area contributed by atoms with Gasteiger partial charge in [-0.1, -0.05) is 42.5 Å². The third-order valence-electron chi connectivity index (χ3n) is 3.35. The largest absolute Gasteiger partial charge is 0.284 e. The third kappa shape index (κ3) is 5.95. The topological polar surface area (TPSA) is 92.3 Å². The Bertz CT molecular complexity index is 879. The quantitative estimate of drug-likeness (QED) is 0.744. The van der Waals surface area contributed by atoms with E-state index in [1.165, 1.54) is 0 Å². The fourth-order valence-electron chi connectivity index (χ4n) is 2.10. The minimum absolute atomic E-state index is 0.175. The summed E-state index contributed by atoms with van der Waals surface area (Å²) in [6, 6.07) is 15.6. The van der Waals surface area contributed by atoms with Crippen LogP contribution in [0.2, 0.25) is 0 Å². The molecule has 0 heterocycles. The van der Waals surface area contributed by atoms with E-state index in [0.29, 0.717) is 11.3 Å². The first-order chi connectivity index (χ1) is 11.3. The third-order valence-corrected chi connectivity index (χ3v) is 5.97. The lowest BCUT2D eigenvalue weighted by molar-refractivity contribution is 0.581. The van der Waals surface area contributed by atoms with Crippen molar-refractivity contribution in [2.24, 2.45) is 0 Å². The van der Waals surface area contributed by atoms with Gasteiger partial charge in [0, 0.05) is 12.2 Å². The van der Waals surface area contributed by atoms with Crippen molar-refractivity contribution in [3.63, 3.8) is 0 Å². The van der Waals surface area contributed by atoms with E-state index >= 15 is 0 Å². The molecule has 0 saturated carbocycles. The molecule has 6 nitrogen and oxygen atoms in total. The Kier molecular flexibility index (Phi) is 5.98. The maximum Gasteiger partial charge on any atom is 0.234 e. The van der Waals surface area contributed by atoms with Gasteiger partial charge in [-0.3, -0.25) is 4.72 Å². The number of hydrogen-bond acceptors (Lipinski definition) is 4. The molecule has 2 aromatic rings. The van der Waals surface area contributed by atoms with Crippen LogP contribution in [0.4, 0.5) is 5.69 Å². The van der Waals surface area contributed by atoms with Gasteiger partial charge in [0.2, 0.25) is 20.0 Å². The van der Waals surface area contributed by atoms with E-state index < -0.39 is 20.0 Å². The van der Waals surface area contributed by atoms with Crippen LogP contribution in [-0.2, 0) is 25.8 Å². The summed E-state index contributed by atoms with van der Waals surface area (Å²) in [5.41, 5.74) is 2.01. The molecule has 8 heteroatoms. The summed E-state index contributed by atoms with van der Waals surface area (Å²) in [5.74, 6) is -0.513. The molecule has 0 amide bonds. The summed E-state index contributed by atoms with van der Waals surface area (Å²) in [5, 5.41) is 0. The highest BCUT2D eigenvalue weighted by Gasteiger charge is 2.15. The molecule has 2 aromatic carbocycles. The van der Waals surface area contributed by atoms with Crippen LogP contribution in [0.5, 0.6) is 0 Å². The first-order valence-corrected chi connectivity index (χ1v) is 10.7. The fraction of sp³-hybridized carbons (Fsp3) is 0.250. The Hall–Kier alpha value is -1.90. The number of anilines is 1. The highest BCUT2D eigenvalue weighted by molar-refractivity contribution is 7.92. The Labute approximate surface area is 143 Å². The van der Waals surface area contributed by atoms with Crippen LogP contribution in [0.15, 0.2) is 54.6 Å². The van der Waals surface area contributed by atoms with Crippen LogP contribution < -0.4 is 9.44 Å². The normalized spacial score (nSPS) is 12.0. The summed E-state index contributed by atoms with van der Waals surface area (Å²) < 4.78 is 52.8. The van der Waals surface area contributed by atoms with Crippen LogP contribution in [-0.4, -0.2) is 29.1 Å². The molecule has 0 fully saturated rings. The molecular formula is C16H20N2O4S2. The van der Waals surface area contributed by atoms with Gasteiger partial charge in [-0.05, 0) is 30.2 Å². The first-order valence-electron chi connectivity index (χ1n) is 7.35. The molecular weight excluding hydrogens is 348 g/mol. The lowest BCUT2D eigenvalue weighted by atomic mass is 10.1. The Morgan fingerprint density at radius 1 is 0.833 bits per heavy atom. The second-order valence-corrected chi connectivity index (χ2v) is 9.02. The smallest absolute Gasteiger partial charge is 0.234 e. The summed E-state index contributed by atoms with van der Waals surface area (Å²) in [4.78, 5) is 0. The average molecular weight is 368 g/mol. The number of aryl methyl sites for hydroxylation is 1. The summed E-state index contributed by atoms with van der Waals surface area (Å²) >= 11 is 0. The minimum atomic E-state index is -3.62. The van der Waals surface area contributed by atoms with Crippen LogP contribution in [0.1, 0.15) is 11.1 Å². The Morgan fingerprint density at radius 2 is 1.46 bits per heavy atom. The molecule has 130 valence electrons. The Balaban J connectivity index is 1.89. The van der Waals surface area contributed by atoms with E-state index in [0.717, 1.165) is 5.56 Å². The molecule has 0 aliphatic carbocycles. The highest BCUT2D eigenvalue weighted by atomic mass is 32.2. The van der Waals surface area contributed by atoms with E-state index in [9.17, 15) is 16.8 Å². The summed E-state index contributed by atoms with van der Waals surface area (Å²) in [6.45, 7) is 1.65. The number of hydrogen-bond donors (Lipinski definition) is 2. The lowest BCUT2D eigenvalue weighted by Crippen LogP contribution is -2.32. The van der Waals surface area contributed by atoms with Gasteiger partial charge in [-0.2, -0.15) is 0 Å². The first kappa shape index (κ1) is 18.4. The summed E-state index contributed by atoms with van der Waals surface area (Å²) in [7, 11) is -7.21. The zero-order chi connectivity index (χ0) is 17.6. The predicted molar refractivity (Wildman–Crippen MR) is 95.7 cm³/mol. The van der Waals surface area contributed by atoms with Crippen molar-refractivity contribution in [2.75, 3.05) is 17.0 Å². The van der Waals surface area contributed by atoms with Gasteiger partial charge in [0.15, 0.2) is 0 Å². The van der Waals surface area contributed by atoms with Crippen molar-refractivity contribution < 1.29 is 16.8 Å². The van der Waals surface area contributed by atoms with Crippen molar-refractivity contribution in [1.82, 2.24) is 4.72 Å². The van der Waals surface area contributed by atoms with Gasteiger partial charge in [-0.25, -0.2) is 21.6 Å². The van der Waals surface area contributed by atoms with Gasteiger partial charge < -0.3 is 0 Å². The highest BCUT2D eigenvalue weighted by Crippen LogP contribution is 2.11. The predicted octanol–water partition coefficient (Wildman–Crippen LogP) is 1.86. The number of para-hydroxylation sites is 1. The molecule has 0 aliphatic rings. The lowest BCUT2D eigenvalue weighted by Gasteiger charge is -2.10. The maximum absolute atomic E-state index is 12.1. The van der Waals surface area contributed by atoms with Crippen molar-refractivity contribution in [3.8, 4) is 0 Å². The standard InChI is InChI=1S/C16H20N2O4S2/c1-14-7-5-6-8-15(14)13-24(21,22)17-11-12-23(19,20)18-16-9-3-2-4-10-16/h2-10,17-18H,11-13H2,1H3. The van der Waals surface area contributed by atoms with E-state index in [-0.39, 0.29) is 18.1 Å². The number of sulfonamides is 2. The van der Waals surface area contributed by atoms with Crippen LogP contribution in [0, 0.1) is 6.92 Å². The van der Waals surface area contributed by atoms with E-state index in [1.54, 1.807) is 42.5 Å².